The number of carbonyl (C=O) groups is 1. The summed E-state index contributed by atoms with van der Waals surface area (Å²) >= 11 is 0. The molecule has 1 N–H and O–H groups in total. The van der Waals surface area contributed by atoms with E-state index in [2.05, 4.69) is 10.3 Å². The Morgan fingerprint density at radius 3 is 2.55 bits per heavy atom. The molecule has 1 aromatic heterocycles. The highest BCUT2D eigenvalue weighted by molar-refractivity contribution is 7.89. The van der Waals surface area contributed by atoms with E-state index in [1.807, 2.05) is 30.3 Å². The average Bonchev–Trinajstić information content (AvgIpc) is 3.20. The van der Waals surface area contributed by atoms with Crippen molar-refractivity contribution in [3.8, 4) is 17.2 Å². The Morgan fingerprint density at radius 2 is 1.85 bits per heavy atom. The molecule has 2 aromatic carbocycles. The predicted molar refractivity (Wildman–Crippen MR) is 125 cm³/mol. The Bertz CT molecular complexity index is 1230. The number of benzene rings is 2. The lowest BCUT2D eigenvalue weighted by molar-refractivity contribution is -0.115. The maximum absolute atomic E-state index is 13.0. The van der Waals surface area contributed by atoms with Gasteiger partial charge in [0.05, 0.1) is 29.8 Å². The normalized spacial score (nSPS) is 14.7. The van der Waals surface area contributed by atoms with Gasteiger partial charge in [-0.15, -0.1) is 0 Å². The van der Waals surface area contributed by atoms with Crippen LogP contribution in [0.25, 0.3) is 11.5 Å². The number of rotatable bonds is 7. The monoisotopic (exact) mass is 469 g/mol. The minimum absolute atomic E-state index is 0.0194. The summed E-state index contributed by atoms with van der Waals surface area (Å²) in [7, 11) is -2.17. The highest BCUT2D eigenvalue weighted by Crippen LogP contribution is 2.30. The number of ether oxygens (including phenoxy) is 1. The summed E-state index contributed by atoms with van der Waals surface area (Å²) in [5.74, 6) is 1.03. The van der Waals surface area contributed by atoms with Gasteiger partial charge < -0.3 is 14.5 Å². The van der Waals surface area contributed by atoms with Crippen LogP contribution >= 0.6 is 0 Å². The van der Waals surface area contributed by atoms with Gasteiger partial charge in [0.15, 0.2) is 0 Å². The molecule has 3 aromatic rings. The molecule has 9 heteroatoms. The molecule has 1 amide bonds. The van der Waals surface area contributed by atoms with Crippen LogP contribution < -0.4 is 10.1 Å². The van der Waals surface area contributed by atoms with Gasteiger partial charge in [-0.25, -0.2) is 13.4 Å². The highest BCUT2D eigenvalue weighted by atomic mass is 32.2. The van der Waals surface area contributed by atoms with Crippen LogP contribution in [0.5, 0.6) is 5.75 Å². The molecule has 1 fully saturated rings. The van der Waals surface area contributed by atoms with Gasteiger partial charge in [0.2, 0.25) is 21.8 Å². The summed E-state index contributed by atoms with van der Waals surface area (Å²) < 4.78 is 38.7. The molecule has 0 unspecified atom stereocenters. The molecule has 0 atom stereocenters. The molecule has 174 valence electrons. The van der Waals surface area contributed by atoms with Crippen LogP contribution in [0.4, 0.5) is 5.69 Å². The molecule has 0 aliphatic carbocycles. The van der Waals surface area contributed by atoms with Crippen LogP contribution in [-0.4, -0.2) is 43.8 Å². The van der Waals surface area contributed by atoms with Crippen molar-refractivity contribution in [1.82, 2.24) is 9.29 Å². The summed E-state index contributed by atoms with van der Waals surface area (Å²) in [6, 6.07) is 14.0. The van der Waals surface area contributed by atoms with Crippen molar-refractivity contribution in [1.29, 1.82) is 0 Å². The summed E-state index contributed by atoms with van der Waals surface area (Å²) in [5.41, 5.74) is 1.64. The number of methoxy groups -OCH3 is 1. The number of nitrogens with zero attached hydrogens (tertiary/aromatic N) is 2. The molecule has 1 aliphatic rings. The fourth-order valence-electron chi connectivity index (χ4n) is 3.84. The number of sulfonamides is 1. The van der Waals surface area contributed by atoms with Gasteiger partial charge in [0.25, 0.3) is 0 Å². The molecule has 2 heterocycles. The van der Waals surface area contributed by atoms with E-state index in [0.29, 0.717) is 41.9 Å². The van der Waals surface area contributed by atoms with Crippen LogP contribution in [0, 0.1) is 6.92 Å². The number of anilines is 1. The van der Waals surface area contributed by atoms with Gasteiger partial charge in [-0.05, 0) is 50.1 Å². The Balaban J connectivity index is 1.53. The Hall–Kier alpha value is -3.17. The van der Waals surface area contributed by atoms with E-state index in [1.54, 1.807) is 13.0 Å². The third kappa shape index (κ3) is 5.09. The van der Waals surface area contributed by atoms with Gasteiger partial charge in [0.1, 0.15) is 11.5 Å². The fraction of sp³-hybridized carbons (Fsp3) is 0.333. The summed E-state index contributed by atoms with van der Waals surface area (Å²) in [6.07, 6.45) is 2.71. The van der Waals surface area contributed by atoms with E-state index in [9.17, 15) is 13.2 Å². The largest absolute Gasteiger partial charge is 0.495 e. The fourth-order valence-corrected chi connectivity index (χ4v) is 5.39. The van der Waals surface area contributed by atoms with Gasteiger partial charge in [-0.2, -0.15) is 4.31 Å². The zero-order valence-corrected chi connectivity index (χ0v) is 19.5. The number of nitrogens with one attached hydrogen (secondary N) is 1. The summed E-state index contributed by atoms with van der Waals surface area (Å²) in [4.78, 5) is 17.4. The predicted octanol–water partition coefficient (Wildman–Crippen LogP) is 4.01. The van der Waals surface area contributed by atoms with Crippen LogP contribution in [0.1, 0.15) is 30.7 Å². The second-order valence-electron chi connectivity index (χ2n) is 7.94. The van der Waals surface area contributed by atoms with Crippen LogP contribution in [-0.2, 0) is 21.2 Å². The van der Waals surface area contributed by atoms with Gasteiger partial charge in [-0.1, -0.05) is 24.6 Å². The SMILES string of the molecule is COc1ccc(S(=O)(=O)N2CCCCC2)cc1NC(=O)Cc1nc(-c2ccccc2)oc1C. The van der Waals surface area contributed by atoms with E-state index < -0.39 is 10.0 Å². The number of aryl methyl sites for hydroxylation is 1. The standard InChI is InChI=1S/C24H27N3O5S/c1-17-20(26-24(32-17)18-9-5-3-6-10-18)16-23(28)25-21-15-19(11-12-22(21)31-2)33(29,30)27-13-7-4-8-14-27/h3,5-6,9-12,15H,4,7-8,13-14,16H2,1-2H3,(H,25,28). The van der Waals surface area contributed by atoms with Crippen molar-refractivity contribution in [2.75, 3.05) is 25.5 Å². The van der Waals surface area contributed by atoms with Crippen molar-refractivity contribution >= 4 is 21.6 Å². The van der Waals surface area contributed by atoms with Crippen molar-refractivity contribution in [3.05, 3.63) is 60.0 Å². The number of hydrogen-bond donors (Lipinski definition) is 1. The summed E-state index contributed by atoms with van der Waals surface area (Å²) in [5, 5.41) is 2.77. The van der Waals surface area contributed by atoms with E-state index in [0.717, 1.165) is 24.8 Å². The minimum Gasteiger partial charge on any atom is -0.495 e. The molecular formula is C24H27N3O5S. The minimum atomic E-state index is -3.64. The molecule has 1 saturated heterocycles. The van der Waals surface area contributed by atoms with E-state index in [4.69, 9.17) is 9.15 Å². The van der Waals surface area contributed by atoms with Gasteiger partial charge in [0, 0.05) is 18.7 Å². The van der Waals surface area contributed by atoms with Gasteiger partial charge in [-0.3, -0.25) is 4.79 Å². The smallest absolute Gasteiger partial charge is 0.243 e. The number of carbonyl (C=O) groups excluding carboxylic acids is 1. The second kappa shape index (κ2) is 9.76. The van der Waals surface area contributed by atoms with Crippen molar-refractivity contribution in [2.45, 2.75) is 37.5 Å². The molecular weight excluding hydrogens is 442 g/mol. The zero-order valence-electron chi connectivity index (χ0n) is 18.7. The number of aromatic nitrogens is 1. The first-order chi connectivity index (χ1) is 15.9. The topological polar surface area (TPSA) is 102 Å². The molecule has 8 nitrogen and oxygen atoms in total. The van der Waals surface area contributed by atoms with Crippen molar-refractivity contribution < 1.29 is 22.4 Å². The Morgan fingerprint density at radius 1 is 1.12 bits per heavy atom. The molecule has 0 spiro atoms. The Labute approximate surface area is 193 Å². The van der Waals surface area contributed by atoms with Crippen LogP contribution in [0.3, 0.4) is 0 Å². The zero-order chi connectivity index (χ0) is 23.4. The number of hydrogen-bond acceptors (Lipinski definition) is 6. The molecule has 0 radical (unpaired) electrons. The van der Waals surface area contributed by atoms with E-state index in [1.165, 1.54) is 23.5 Å². The van der Waals surface area contributed by atoms with Crippen molar-refractivity contribution in [3.63, 3.8) is 0 Å². The maximum atomic E-state index is 13.0. The van der Waals surface area contributed by atoms with E-state index in [-0.39, 0.29) is 17.2 Å². The van der Waals surface area contributed by atoms with Crippen molar-refractivity contribution in [2.24, 2.45) is 0 Å². The highest BCUT2D eigenvalue weighted by Gasteiger charge is 2.27. The quantitative estimate of drug-likeness (QED) is 0.561. The molecule has 33 heavy (non-hydrogen) atoms. The van der Waals surface area contributed by atoms with Gasteiger partial charge >= 0.3 is 0 Å². The number of amides is 1. The molecule has 0 saturated carbocycles. The third-order valence-corrected chi connectivity index (χ3v) is 7.53. The second-order valence-corrected chi connectivity index (χ2v) is 9.88. The average molecular weight is 470 g/mol. The summed E-state index contributed by atoms with van der Waals surface area (Å²) in [6.45, 7) is 2.77. The first-order valence-corrected chi connectivity index (χ1v) is 12.3. The first-order valence-electron chi connectivity index (χ1n) is 10.9. The lowest BCUT2D eigenvalue weighted by Gasteiger charge is -2.26. The third-order valence-electron chi connectivity index (χ3n) is 5.64. The molecule has 4 rings (SSSR count). The molecule has 1 aliphatic heterocycles. The van der Waals surface area contributed by atoms with Crippen LogP contribution in [0.15, 0.2) is 57.8 Å². The maximum Gasteiger partial charge on any atom is 0.243 e. The van der Waals surface area contributed by atoms with Crippen LogP contribution in [0.2, 0.25) is 0 Å². The van der Waals surface area contributed by atoms with E-state index >= 15 is 0 Å². The lowest BCUT2D eigenvalue weighted by atomic mass is 10.2. The Kier molecular flexibility index (Phi) is 6.80. The first kappa shape index (κ1) is 23.0. The number of oxazole rings is 1. The molecule has 0 bridgehead atoms. The number of piperidine rings is 1. The lowest BCUT2D eigenvalue weighted by Crippen LogP contribution is -2.35.